The van der Waals surface area contributed by atoms with Crippen molar-refractivity contribution in [1.82, 2.24) is 5.32 Å². The minimum absolute atomic E-state index is 0.0943. The van der Waals surface area contributed by atoms with E-state index in [0.717, 1.165) is 37.1 Å². The number of nitrogens with one attached hydrogen (secondary N) is 1. The summed E-state index contributed by atoms with van der Waals surface area (Å²) in [7, 11) is 0. The van der Waals surface area contributed by atoms with E-state index in [9.17, 15) is 9.59 Å². The summed E-state index contributed by atoms with van der Waals surface area (Å²) in [4.78, 5) is 25.5. The maximum absolute atomic E-state index is 12.7. The van der Waals surface area contributed by atoms with E-state index in [1.165, 1.54) is 0 Å². The minimum atomic E-state index is -0.929. The zero-order chi connectivity index (χ0) is 14.3. The van der Waals surface area contributed by atoms with Gasteiger partial charge < -0.3 is 15.3 Å². The van der Waals surface area contributed by atoms with Crippen molar-refractivity contribution in [3.05, 3.63) is 29.3 Å². The molecule has 2 aliphatic heterocycles. The lowest BCUT2D eigenvalue weighted by Gasteiger charge is -2.29. The molecule has 1 unspecified atom stereocenters. The fourth-order valence-electron chi connectivity index (χ4n) is 3.12. The fraction of sp³-hybridized carbons (Fsp3) is 0.467. The molecule has 1 amide bonds. The van der Waals surface area contributed by atoms with Gasteiger partial charge in [0, 0.05) is 12.2 Å². The van der Waals surface area contributed by atoms with Gasteiger partial charge in [-0.1, -0.05) is 0 Å². The normalized spacial score (nSPS) is 24.8. The number of carbonyl (C=O) groups excluding carboxylic acids is 1. The van der Waals surface area contributed by atoms with Gasteiger partial charge in [-0.3, -0.25) is 4.79 Å². The van der Waals surface area contributed by atoms with Gasteiger partial charge in [-0.2, -0.15) is 0 Å². The van der Waals surface area contributed by atoms with Gasteiger partial charge in [0.25, 0.3) is 0 Å². The summed E-state index contributed by atoms with van der Waals surface area (Å²) in [5, 5.41) is 12.3. The zero-order valence-electron chi connectivity index (χ0n) is 11.5. The van der Waals surface area contributed by atoms with E-state index in [0.29, 0.717) is 6.54 Å². The Morgan fingerprint density at radius 1 is 1.40 bits per heavy atom. The van der Waals surface area contributed by atoms with Gasteiger partial charge in [0.2, 0.25) is 5.91 Å². The highest BCUT2D eigenvalue weighted by atomic mass is 16.4. The SMILES string of the molecule is CC1(C(=O)N2CCc3cc(C(=O)O)ccc32)CCCN1. The molecular formula is C15H18N2O3. The Morgan fingerprint density at radius 3 is 2.85 bits per heavy atom. The van der Waals surface area contributed by atoms with Crippen LogP contribution in [0.3, 0.4) is 0 Å². The van der Waals surface area contributed by atoms with Gasteiger partial charge in [-0.05, 0) is 56.5 Å². The summed E-state index contributed by atoms with van der Waals surface area (Å²) in [6, 6.07) is 4.99. The first kappa shape index (κ1) is 13.1. The van der Waals surface area contributed by atoms with Crippen LogP contribution in [0.4, 0.5) is 5.69 Å². The summed E-state index contributed by atoms with van der Waals surface area (Å²) in [5.41, 5.74) is 1.60. The average molecular weight is 274 g/mol. The molecule has 1 saturated heterocycles. The Morgan fingerprint density at radius 2 is 2.20 bits per heavy atom. The van der Waals surface area contributed by atoms with Gasteiger partial charge in [0.1, 0.15) is 0 Å². The number of carboxylic acids is 1. The highest BCUT2D eigenvalue weighted by Gasteiger charge is 2.41. The number of benzene rings is 1. The second kappa shape index (κ2) is 4.59. The number of nitrogens with zero attached hydrogens (tertiary/aromatic N) is 1. The van der Waals surface area contributed by atoms with Crippen LogP contribution in [0.25, 0.3) is 0 Å². The van der Waals surface area contributed by atoms with E-state index in [2.05, 4.69) is 5.32 Å². The molecule has 2 heterocycles. The largest absolute Gasteiger partial charge is 0.478 e. The van der Waals surface area contributed by atoms with Crippen LogP contribution in [-0.4, -0.2) is 35.6 Å². The molecule has 0 bridgehead atoms. The molecule has 1 aromatic carbocycles. The molecule has 3 rings (SSSR count). The Bertz CT molecular complexity index is 576. The number of anilines is 1. The monoisotopic (exact) mass is 274 g/mol. The zero-order valence-corrected chi connectivity index (χ0v) is 11.5. The lowest BCUT2D eigenvalue weighted by Crippen LogP contribution is -2.52. The van der Waals surface area contributed by atoms with Crippen molar-refractivity contribution in [1.29, 1.82) is 0 Å². The Labute approximate surface area is 117 Å². The van der Waals surface area contributed by atoms with Crippen LogP contribution >= 0.6 is 0 Å². The van der Waals surface area contributed by atoms with Crippen molar-refractivity contribution in [2.24, 2.45) is 0 Å². The summed E-state index contributed by atoms with van der Waals surface area (Å²) >= 11 is 0. The highest BCUT2D eigenvalue weighted by molar-refractivity contribution is 6.02. The Hall–Kier alpha value is -1.88. The standard InChI is InChI=1S/C15H18N2O3/c1-15(6-2-7-16-15)14(20)17-8-5-10-9-11(13(18)19)3-4-12(10)17/h3-4,9,16H,2,5-8H2,1H3,(H,18,19). The highest BCUT2D eigenvalue weighted by Crippen LogP contribution is 2.32. The van der Waals surface area contributed by atoms with E-state index in [4.69, 9.17) is 5.11 Å². The molecular weight excluding hydrogens is 256 g/mol. The molecule has 2 aliphatic rings. The topological polar surface area (TPSA) is 69.6 Å². The third-order valence-electron chi connectivity index (χ3n) is 4.31. The maximum atomic E-state index is 12.7. The number of hydrogen-bond acceptors (Lipinski definition) is 3. The molecule has 20 heavy (non-hydrogen) atoms. The second-order valence-electron chi connectivity index (χ2n) is 5.72. The van der Waals surface area contributed by atoms with Crippen LogP contribution in [0.1, 0.15) is 35.7 Å². The number of carboxylic acid groups (broad SMARTS) is 1. The second-order valence-corrected chi connectivity index (χ2v) is 5.72. The van der Waals surface area contributed by atoms with Crippen LogP contribution in [0.15, 0.2) is 18.2 Å². The van der Waals surface area contributed by atoms with Crippen molar-refractivity contribution in [2.75, 3.05) is 18.0 Å². The minimum Gasteiger partial charge on any atom is -0.478 e. The van der Waals surface area contributed by atoms with Crippen molar-refractivity contribution in [2.45, 2.75) is 31.7 Å². The van der Waals surface area contributed by atoms with Crippen LogP contribution < -0.4 is 10.2 Å². The van der Waals surface area contributed by atoms with Gasteiger partial charge in [0.05, 0.1) is 11.1 Å². The van der Waals surface area contributed by atoms with Crippen LogP contribution in [0, 0.1) is 0 Å². The number of fused-ring (bicyclic) bond motifs is 1. The summed E-state index contributed by atoms with van der Waals surface area (Å²) in [5.74, 6) is -0.834. The number of hydrogen-bond donors (Lipinski definition) is 2. The molecule has 5 heteroatoms. The molecule has 1 aromatic rings. The molecule has 5 nitrogen and oxygen atoms in total. The van der Waals surface area contributed by atoms with Crippen LogP contribution in [0.5, 0.6) is 0 Å². The number of aromatic carboxylic acids is 1. The van der Waals surface area contributed by atoms with Crippen molar-refractivity contribution in [3.8, 4) is 0 Å². The third kappa shape index (κ3) is 1.98. The maximum Gasteiger partial charge on any atom is 0.335 e. The van der Waals surface area contributed by atoms with E-state index in [1.807, 2.05) is 6.92 Å². The van der Waals surface area contributed by atoms with Crippen LogP contribution in [0.2, 0.25) is 0 Å². The molecule has 1 fully saturated rings. The quantitative estimate of drug-likeness (QED) is 0.855. The molecule has 106 valence electrons. The Balaban J connectivity index is 1.89. The Kier molecular flexibility index (Phi) is 3.01. The van der Waals surface area contributed by atoms with Gasteiger partial charge >= 0.3 is 5.97 Å². The first-order valence-corrected chi connectivity index (χ1v) is 6.94. The average Bonchev–Trinajstić information content (AvgIpc) is 3.04. The lowest BCUT2D eigenvalue weighted by molar-refractivity contribution is -0.123. The third-order valence-corrected chi connectivity index (χ3v) is 4.31. The molecule has 0 aromatic heterocycles. The number of rotatable bonds is 2. The van der Waals surface area contributed by atoms with E-state index in [-0.39, 0.29) is 11.5 Å². The fourth-order valence-corrected chi connectivity index (χ4v) is 3.12. The lowest BCUT2D eigenvalue weighted by atomic mass is 9.98. The first-order chi connectivity index (χ1) is 9.51. The molecule has 0 spiro atoms. The number of carbonyl (C=O) groups is 2. The smallest absolute Gasteiger partial charge is 0.335 e. The molecule has 1 atom stereocenters. The molecule has 0 aliphatic carbocycles. The van der Waals surface area contributed by atoms with Crippen molar-refractivity contribution in [3.63, 3.8) is 0 Å². The van der Waals surface area contributed by atoms with Crippen molar-refractivity contribution >= 4 is 17.6 Å². The number of amides is 1. The van der Waals surface area contributed by atoms with Crippen LogP contribution in [-0.2, 0) is 11.2 Å². The predicted octanol–water partition coefficient (Wildman–Crippen LogP) is 1.42. The first-order valence-electron chi connectivity index (χ1n) is 6.94. The summed E-state index contributed by atoms with van der Waals surface area (Å²) in [6.45, 7) is 3.46. The molecule has 0 saturated carbocycles. The van der Waals surface area contributed by atoms with E-state index in [1.54, 1.807) is 23.1 Å². The van der Waals surface area contributed by atoms with Gasteiger partial charge in [-0.15, -0.1) is 0 Å². The van der Waals surface area contributed by atoms with Gasteiger partial charge in [0.15, 0.2) is 0 Å². The van der Waals surface area contributed by atoms with Gasteiger partial charge in [-0.25, -0.2) is 4.79 Å². The molecule has 0 radical (unpaired) electrons. The summed E-state index contributed by atoms with van der Waals surface area (Å²) in [6.07, 6.45) is 2.59. The van der Waals surface area contributed by atoms with E-state index >= 15 is 0 Å². The summed E-state index contributed by atoms with van der Waals surface area (Å²) < 4.78 is 0. The van der Waals surface area contributed by atoms with Crippen molar-refractivity contribution < 1.29 is 14.7 Å². The predicted molar refractivity (Wildman–Crippen MR) is 75.1 cm³/mol. The molecule has 2 N–H and O–H groups in total. The van der Waals surface area contributed by atoms with E-state index < -0.39 is 11.5 Å².